The molecule has 0 spiro atoms. The number of piperazine rings is 1. The maximum atomic E-state index is 12.8. The van der Waals surface area contributed by atoms with Crippen LogP contribution >= 0.6 is 15.9 Å². The molecule has 1 fully saturated rings. The highest BCUT2D eigenvalue weighted by Crippen LogP contribution is 2.23. The van der Waals surface area contributed by atoms with Crippen molar-refractivity contribution >= 4 is 32.6 Å². The lowest BCUT2D eigenvalue weighted by Gasteiger charge is -2.39. The number of carbonyl (C=O) groups excluding carboxylic acids is 1. The van der Waals surface area contributed by atoms with E-state index in [4.69, 9.17) is 0 Å². The number of hydrogen-bond acceptors (Lipinski definition) is 2. The number of fused-ring (bicyclic) bond motifs is 1. The number of hydrogen-bond donors (Lipinski definition) is 1. The molecule has 4 heteroatoms. The summed E-state index contributed by atoms with van der Waals surface area (Å²) in [6.45, 7) is 5.91. The smallest absolute Gasteiger partial charge is 0.254 e. The fraction of sp³-hybridized carbons (Fsp3) is 0.353. The average Bonchev–Trinajstić information content (AvgIpc) is 2.46. The van der Waals surface area contributed by atoms with Crippen molar-refractivity contribution in [3.63, 3.8) is 0 Å². The first kappa shape index (κ1) is 14.5. The van der Waals surface area contributed by atoms with Gasteiger partial charge in [0.05, 0.1) is 0 Å². The first-order chi connectivity index (χ1) is 10.1. The standard InChI is InChI=1S/C17H19BrN2O/c1-11-9-19-10-12(2)20(11)17(21)15-4-3-14-8-16(18)6-5-13(14)7-15/h3-8,11-12,19H,9-10H2,1-2H3. The molecular weight excluding hydrogens is 328 g/mol. The number of nitrogens with one attached hydrogen (secondary N) is 1. The Morgan fingerprint density at radius 1 is 1.10 bits per heavy atom. The number of benzene rings is 2. The van der Waals surface area contributed by atoms with Crippen LogP contribution in [-0.4, -0.2) is 36.0 Å². The summed E-state index contributed by atoms with van der Waals surface area (Å²) in [4.78, 5) is 14.8. The van der Waals surface area contributed by atoms with Gasteiger partial charge in [0.15, 0.2) is 0 Å². The molecule has 1 amide bonds. The Labute approximate surface area is 133 Å². The van der Waals surface area contributed by atoms with E-state index in [9.17, 15) is 4.79 Å². The van der Waals surface area contributed by atoms with Gasteiger partial charge in [-0.25, -0.2) is 0 Å². The van der Waals surface area contributed by atoms with Crippen molar-refractivity contribution < 1.29 is 4.79 Å². The molecule has 0 bridgehead atoms. The van der Waals surface area contributed by atoms with Crippen LogP contribution < -0.4 is 5.32 Å². The van der Waals surface area contributed by atoms with E-state index < -0.39 is 0 Å². The first-order valence-electron chi connectivity index (χ1n) is 7.29. The fourth-order valence-electron chi connectivity index (χ4n) is 3.03. The summed E-state index contributed by atoms with van der Waals surface area (Å²) in [5.41, 5.74) is 0.769. The Bertz CT molecular complexity index is 676. The zero-order chi connectivity index (χ0) is 15.0. The van der Waals surface area contributed by atoms with Crippen LogP contribution in [0.15, 0.2) is 40.9 Å². The Kier molecular flexibility index (Phi) is 4.00. The Hall–Kier alpha value is -1.39. The van der Waals surface area contributed by atoms with Crippen molar-refractivity contribution in [2.75, 3.05) is 13.1 Å². The molecule has 1 saturated heterocycles. The largest absolute Gasteiger partial charge is 0.331 e. The van der Waals surface area contributed by atoms with Crippen molar-refractivity contribution in [3.8, 4) is 0 Å². The number of nitrogens with zero attached hydrogens (tertiary/aromatic N) is 1. The summed E-state index contributed by atoms with van der Waals surface area (Å²) >= 11 is 3.48. The van der Waals surface area contributed by atoms with E-state index in [1.807, 2.05) is 35.2 Å². The summed E-state index contributed by atoms with van der Waals surface area (Å²) in [5.74, 6) is 0.126. The highest BCUT2D eigenvalue weighted by atomic mass is 79.9. The molecule has 2 aromatic rings. The SMILES string of the molecule is CC1CNCC(C)N1C(=O)c1ccc2cc(Br)ccc2c1. The number of amides is 1. The lowest BCUT2D eigenvalue weighted by Crippen LogP contribution is -2.57. The van der Waals surface area contributed by atoms with E-state index in [1.165, 1.54) is 0 Å². The summed E-state index contributed by atoms with van der Waals surface area (Å²) in [7, 11) is 0. The van der Waals surface area contributed by atoms with Gasteiger partial charge in [-0.1, -0.05) is 28.1 Å². The molecule has 1 heterocycles. The minimum absolute atomic E-state index is 0.126. The van der Waals surface area contributed by atoms with E-state index in [0.29, 0.717) is 0 Å². The number of rotatable bonds is 1. The van der Waals surface area contributed by atoms with Gasteiger partial charge < -0.3 is 10.2 Å². The van der Waals surface area contributed by atoms with Crippen LogP contribution in [0, 0.1) is 0 Å². The van der Waals surface area contributed by atoms with Crippen molar-refractivity contribution in [2.45, 2.75) is 25.9 Å². The van der Waals surface area contributed by atoms with Gasteiger partial charge in [-0.3, -0.25) is 4.79 Å². The lowest BCUT2D eigenvalue weighted by atomic mass is 10.0. The summed E-state index contributed by atoms with van der Waals surface area (Å²) in [6.07, 6.45) is 0. The van der Waals surface area contributed by atoms with Gasteiger partial charge in [0.25, 0.3) is 5.91 Å². The molecular formula is C17H19BrN2O. The molecule has 3 rings (SSSR count). The van der Waals surface area contributed by atoms with Crippen molar-refractivity contribution in [2.24, 2.45) is 0 Å². The van der Waals surface area contributed by atoms with Crippen molar-refractivity contribution in [3.05, 3.63) is 46.4 Å². The van der Waals surface area contributed by atoms with Gasteiger partial charge in [-0.2, -0.15) is 0 Å². The normalized spacial score (nSPS) is 22.5. The molecule has 2 atom stereocenters. The zero-order valence-corrected chi connectivity index (χ0v) is 13.9. The monoisotopic (exact) mass is 346 g/mol. The highest BCUT2D eigenvalue weighted by molar-refractivity contribution is 9.10. The second kappa shape index (κ2) is 5.78. The van der Waals surface area contributed by atoms with Crippen LogP contribution in [0.2, 0.25) is 0 Å². The maximum Gasteiger partial charge on any atom is 0.254 e. The number of carbonyl (C=O) groups is 1. The van der Waals surface area contributed by atoms with E-state index in [1.54, 1.807) is 0 Å². The third-order valence-corrected chi connectivity index (χ3v) is 4.61. The molecule has 1 N–H and O–H groups in total. The zero-order valence-electron chi connectivity index (χ0n) is 12.3. The van der Waals surface area contributed by atoms with Crippen LogP contribution in [0.25, 0.3) is 10.8 Å². The highest BCUT2D eigenvalue weighted by Gasteiger charge is 2.29. The lowest BCUT2D eigenvalue weighted by molar-refractivity contribution is 0.0544. The third kappa shape index (κ3) is 2.83. The molecule has 2 aromatic carbocycles. The second-order valence-electron chi connectivity index (χ2n) is 5.77. The Morgan fingerprint density at radius 2 is 1.71 bits per heavy atom. The fourth-order valence-corrected chi connectivity index (χ4v) is 3.41. The van der Waals surface area contributed by atoms with E-state index >= 15 is 0 Å². The first-order valence-corrected chi connectivity index (χ1v) is 8.08. The van der Waals surface area contributed by atoms with Crippen LogP contribution in [0.1, 0.15) is 24.2 Å². The van der Waals surface area contributed by atoms with Gasteiger partial charge in [0.2, 0.25) is 0 Å². The molecule has 0 radical (unpaired) electrons. The molecule has 3 nitrogen and oxygen atoms in total. The molecule has 0 aromatic heterocycles. The molecule has 1 aliphatic heterocycles. The van der Waals surface area contributed by atoms with Crippen LogP contribution in [0.4, 0.5) is 0 Å². The summed E-state index contributed by atoms with van der Waals surface area (Å²) < 4.78 is 1.05. The van der Waals surface area contributed by atoms with Crippen molar-refractivity contribution in [1.29, 1.82) is 0 Å². The Balaban J connectivity index is 1.95. The molecule has 21 heavy (non-hydrogen) atoms. The molecule has 110 valence electrons. The van der Waals surface area contributed by atoms with E-state index in [0.717, 1.165) is 33.9 Å². The summed E-state index contributed by atoms with van der Waals surface area (Å²) in [5, 5.41) is 5.60. The molecule has 2 unspecified atom stereocenters. The molecule has 0 aliphatic carbocycles. The Morgan fingerprint density at radius 3 is 2.43 bits per heavy atom. The number of halogens is 1. The molecule has 1 aliphatic rings. The quantitative estimate of drug-likeness (QED) is 0.857. The average molecular weight is 347 g/mol. The van der Waals surface area contributed by atoms with Gasteiger partial charge in [0, 0.05) is 35.2 Å². The van der Waals surface area contributed by atoms with E-state index in [-0.39, 0.29) is 18.0 Å². The third-order valence-electron chi connectivity index (χ3n) is 4.11. The van der Waals surface area contributed by atoms with Crippen molar-refractivity contribution in [1.82, 2.24) is 10.2 Å². The maximum absolute atomic E-state index is 12.8. The predicted molar refractivity (Wildman–Crippen MR) is 89.6 cm³/mol. The minimum atomic E-state index is 0.126. The second-order valence-corrected chi connectivity index (χ2v) is 6.69. The molecule has 0 saturated carbocycles. The van der Waals surface area contributed by atoms with E-state index in [2.05, 4.69) is 41.2 Å². The predicted octanol–water partition coefficient (Wildman–Crippen LogP) is 3.42. The minimum Gasteiger partial charge on any atom is -0.331 e. The van der Waals surface area contributed by atoms with Gasteiger partial charge >= 0.3 is 0 Å². The van der Waals surface area contributed by atoms with Gasteiger partial charge in [-0.05, 0) is 48.9 Å². The van der Waals surface area contributed by atoms with Gasteiger partial charge in [0.1, 0.15) is 0 Å². The topological polar surface area (TPSA) is 32.3 Å². The van der Waals surface area contributed by atoms with Gasteiger partial charge in [-0.15, -0.1) is 0 Å². The summed E-state index contributed by atoms with van der Waals surface area (Å²) in [6, 6.07) is 12.5. The van der Waals surface area contributed by atoms with Crippen LogP contribution in [-0.2, 0) is 0 Å². The van der Waals surface area contributed by atoms with Crippen LogP contribution in [0.3, 0.4) is 0 Å². The van der Waals surface area contributed by atoms with Crippen LogP contribution in [0.5, 0.6) is 0 Å².